The quantitative estimate of drug-likeness (QED) is 0.745. The van der Waals surface area contributed by atoms with E-state index in [0.717, 1.165) is 12.1 Å². The van der Waals surface area contributed by atoms with Crippen LogP contribution < -0.4 is 10.0 Å². The standard InChI is InChI=1S/C17H17FN2O5S/c1-11-6-7-13(18)9-15(11)20-16(21)10-25-17(22)12-4-3-5-14(8-12)26(23,24)19-2/h3-9,19H,10H2,1-2H3,(H,20,21). The molecule has 0 spiro atoms. The van der Waals surface area contributed by atoms with Crippen molar-refractivity contribution in [3.8, 4) is 0 Å². The molecule has 9 heteroatoms. The molecule has 0 aliphatic rings. The van der Waals surface area contributed by atoms with Crippen LogP contribution >= 0.6 is 0 Å². The number of hydrogen-bond acceptors (Lipinski definition) is 5. The Morgan fingerprint density at radius 2 is 1.88 bits per heavy atom. The second kappa shape index (κ2) is 8.07. The van der Waals surface area contributed by atoms with Gasteiger partial charge in [0, 0.05) is 5.69 Å². The average molecular weight is 380 g/mol. The largest absolute Gasteiger partial charge is 0.452 e. The summed E-state index contributed by atoms with van der Waals surface area (Å²) in [6.45, 7) is 1.09. The number of ether oxygens (including phenoxy) is 1. The minimum atomic E-state index is -3.71. The highest BCUT2D eigenvalue weighted by Crippen LogP contribution is 2.16. The van der Waals surface area contributed by atoms with Crippen LogP contribution in [0.15, 0.2) is 47.4 Å². The molecule has 0 saturated carbocycles. The molecular weight excluding hydrogens is 363 g/mol. The van der Waals surface area contributed by atoms with Gasteiger partial charge in [-0.2, -0.15) is 0 Å². The van der Waals surface area contributed by atoms with E-state index in [0.29, 0.717) is 5.56 Å². The lowest BCUT2D eigenvalue weighted by molar-refractivity contribution is -0.119. The molecule has 0 saturated heterocycles. The zero-order valence-electron chi connectivity index (χ0n) is 14.1. The van der Waals surface area contributed by atoms with Gasteiger partial charge in [-0.15, -0.1) is 0 Å². The predicted molar refractivity (Wildman–Crippen MR) is 92.7 cm³/mol. The van der Waals surface area contributed by atoms with Crippen LogP contribution in [-0.4, -0.2) is 33.9 Å². The first-order valence-corrected chi connectivity index (χ1v) is 8.98. The summed E-state index contributed by atoms with van der Waals surface area (Å²) in [5, 5.41) is 2.44. The van der Waals surface area contributed by atoms with E-state index in [9.17, 15) is 22.4 Å². The number of anilines is 1. The molecule has 0 atom stereocenters. The molecule has 0 aliphatic carbocycles. The molecule has 0 radical (unpaired) electrons. The van der Waals surface area contributed by atoms with E-state index in [2.05, 4.69) is 10.0 Å². The number of sulfonamides is 1. The lowest BCUT2D eigenvalue weighted by Crippen LogP contribution is -2.22. The molecule has 2 aromatic rings. The molecule has 26 heavy (non-hydrogen) atoms. The van der Waals surface area contributed by atoms with Gasteiger partial charge in [0.15, 0.2) is 6.61 Å². The first kappa shape index (κ1) is 19.5. The van der Waals surface area contributed by atoms with E-state index in [-0.39, 0.29) is 16.1 Å². The summed E-state index contributed by atoms with van der Waals surface area (Å²) in [7, 11) is -2.46. The first-order chi connectivity index (χ1) is 12.2. The molecule has 0 bridgehead atoms. The van der Waals surface area contributed by atoms with Gasteiger partial charge in [-0.05, 0) is 49.9 Å². The molecule has 0 aromatic heterocycles. The Labute approximate surface area is 150 Å². The van der Waals surface area contributed by atoms with Gasteiger partial charge >= 0.3 is 5.97 Å². The fourth-order valence-electron chi connectivity index (χ4n) is 2.04. The number of halogens is 1. The Morgan fingerprint density at radius 1 is 1.15 bits per heavy atom. The van der Waals surface area contributed by atoms with Gasteiger partial charge in [0.1, 0.15) is 5.82 Å². The van der Waals surface area contributed by atoms with Gasteiger partial charge in [0.25, 0.3) is 5.91 Å². The minimum Gasteiger partial charge on any atom is -0.452 e. The maximum atomic E-state index is 13.2. The van der Waals surface area contributed by atoms with Crippen LogP contribution in [-0.2, 0) is 19.6 Å². The monoisotopic (exact) mass is 380 g/mol. The Kier molecular flexibility index (Phi) is 6.06. The fourth-order valence-corrected chi connectivity index (χ4v) is 2.81. The summed E-state index contributed by atoms with van der Waals surface area (Å²) < 4.78 is 43.7. The third kappa shape index (κ3) is 4.87. The van der Waals surface area contributed by atoms with Gasteiger partial charge in [0.2, 0.25) is 10.0 Å². The van der Waals surface area contributed by atoms with Gasteiger partial charge in [-0.25, -0.2) is 22.3 Å². The van der Waals surface area contributed by atoms with E-state index in [1.54, 1.807) is 6.92 Å². The summed E-state index contributed by atoms with van der Waals surface area (Å²) in [5.74, 6) is -2.01. The van der Waals surface area contributed by atoms with E-state index >= 15 is 0 Å². The summed E-state index contributed by atoms with van der Waals surface area (Å²) >= 11 is 0. The number of esters is 1. The van der Waals surface area contributed by atoms with E-state index in [1.165, 1.54) is 37.4 Å². The number of rotatable bonds is 6. The van der Waals surface area contributed by atoms with Crippen molar-refractivity contribution in [2.75, 3.05) is 19.0 Å². The maximum absolute atomic E-state index is 13.2. The second-order valence-corrected chi connectivity index (χ2v) is 7.21. The zero-order valence-corrected chi connectivity index (χ0v) is 14.9. The lowest BCUT2D eigenvalue weighted by atomic mass is 10.2. The number of benzene rings is 2. The topological polar surface area (TPSA) is 102 Å². The number of hydrogen-bond donors (Lipinski definition) is 2. The van der Waals surface area contributed by atoms with E-state index in [4.69, 9.17) is 4.74 Å². The highest BCUT2D eigenvalue weighted by molar-refractivity contribution is 7.89. The van der Waals surface area contributed by atoms with Crippen molar-refractivity contribution < 1.29 is 27.1 Å². The maximum Gasteiger partial charge on any atom is 0.338 e. The molecule has 2 N–H and O–H groups in total. The van der Waals surface area contributed by atoms with Crippen LogP contribution in [0.4, 0.5) is 10.1 Å². The van der Waals surface area contributed by atoms with Crippen molar-refractivity contribution in [1.82, 2.24) is 4.72 Å². The number of aryl methyl sites for hydroxylation is 1. The Bertz CT molecular complexity index is 944. The van der Waals surface area contributed by atoms with Gasteiger partial charge in [0.05, 0.1) is 10.5 Å². The lowest BCUT2D eigenvalue weighted by Gasteiger charge is -2.09. The van der Waals surface area contributed by atoms with Crippen molar-refractivity contribution >= 4 is 27.6 Å². The molecule has 0 aliphatic heterocycles. The molecule has 138 valence electrons. The molecule has 0 fully saturated rings. The van der Waals surface area contributed by atoms with Gasteiger partial charge in [-0.3, -0.25) is 4.79 Å². The third-order valence-electron chi connectivity index (χ3n) is 3.46. The van der Waals surface area contributed by atoms with Crippen molar-refractivity contribution in [2.24, 2.45) is 0 Å². The summed E-state index contributed by atoms with van der Waals surface area (Å²) in [5.41, 5.74) is 0.903. The van der Waals surface area contributed by atoms with Crippen molar-refractivity contribution in [1.29, 1.82) is 0 Å². The van der Waals surface area contributed by atoms with Crippen LogP contribution in [0, 0.1) is 12.7 Å². The second-order valence-electron chi connectivity index (χ2n) is 5.32. The van der Waals surface area contributed by atoms with Crippen LogP contribution in [0.5, 0.6) is 0 Å². The van der Waals surface area contributed by atoms with Gasteiger partial charge < -0.3 is 10.1 Å². The smallest absolute Gasteiger partial charge is 0.338 e. The van der Waals surface area contributed by atoms with Crippen LogP contribution in [0.1, 0.15) is 15.9 Å². The Morgan fingerprint density at radius 3 is 2.58 bits per heavy atom. The number of amides is 1. The van der Waals surface area contributed by atoms with Gasteiger partial charge in [-0.1, -0.05) is 12.1 Å². The van der Waals surface area contributed by atoms with Crippen LogP contribution in [0.3, 0.4) is 0 Å². The summed E-state index contributed by atoms with van der Waals surface area (Å²) in [6.07, 6.45) is 0. The van der Waals surface area contributed by atoms with E-state index in [1.807, 2.05) is 0 Å². The highest BCUT2D eigenvalue weighted by Gasteiger charge is 2.16. The third-order valence-corrected chi connectivity index (χ3v) is 4.87. The molecule has 0 unspecified atom stereocenters. The van der Waals surface area contributed by atoms with E-state index < -0.39 is 34.3 Å². The number of nitrogens with one attached hydrogen (secondary N) is 2. The minimum absolute atomic E-state index is 0.0175. The SMILES string of the molecule is CNS(=O)(=O)c1cccc(C(=O)OCC(=O)Nc2cc(F)ccc2C)c1. The van der Waals surface area contributed by atoms with Crippen molar-refractivity contribution in [3.63, 3.8) is 0 Å². The summed E-state index contributed by atoms with van der Waals surface area (Å²) in [6, 6.07) is 9.14. The Balaban J connectivity index is 2.01. The average Bonchev–Trinajstić information content (AvgIpc) is 2.63. The molecule has 7 nitrogen and oxygen atoms in total. The van der Waals surface area contributed by atoms with Crippen molar-refractivity contribution in [3.05, 3.63) is 59.4 Å². The molecule has 2 aromatic carbocycles. The fraction of sp³-hybridized carbons (Fsp3) is 0.176. The number of carbonyl (C=O) groups is 2. The van der Waals surface area contributed by atoms with Crippen LogP contribution in [0.25, 0.3) is 0 Å². The normalized spacial score (nSPS) is 11.0. The molecular formula is C17H17FN2O5S. The molecule has 1 amide bonds. The number of carbonyl (C=O) groups excluding carboxylic acids is 2. The first-order valence-electron chi connectivity index (χ1n) is 7.49. The van der Waals surface area contributed by atoms with Crippen molar-refractivity contribution in [2.45, 2.75) is 11.8 Å². The zero-order chi connectivity index (χ0) is 19.3. The van der Waals surface area contributed by atoms with Crippen LogP contribution in [0.2, 0.25) is 0 Å². The molecule has 2 rings (SSSR count). The predicted octanol–water partition coefficient (Wildman–Crippen LogP) is 1.84. The summed E-state index contributed by atoms with van der Waals surface area (Å²) in [4.78, 5) is 23.8. The highest BCUT2D eigenvalue weighted by atomic mass is 32.2. The molecule has 0 heterocycles. The Hall–Kier alpha value is -2.78.